The van der Waals surface area contributed by atoms with Crippen molar-refractivity contribution in [1.29, 1.82) is 0 Å². The van der Waals surface area contributed by atoms with Crippen LogP contribution < -0.4 is 0 Å². The van der Waals surface area contributed by atoms with Crippen LogP contribution in [0.15, 0.2) is 22.7 Å². The van der Waals surface area contributed by atoms with Gasteiger partial charge in [-0.1, -0.05) is 28.4 Å². The molecule has 2 aromatic rings. The predicted molar refractivity (Wildman–Crippen MR) is 110 cm³/mol. The molecule has 0 aliphatic heterocycles. The largest absolute Gasteiger partial charge is 4.00 e. The van der Waals surface area contributed by atoms with Crippen LogP contribution in [0.2, 0.25) is 0 Å². The molecule has 0 saturated carbocycles. The van der Waals surface area contributed by atoms with Crippen LogP contribution in [0.5, 0.6) is 0 Å². The molecule has 0 bridgehead atoms. The Kier molecular flexibility index (Phi) is 16.8. The van der Waals surface area contributed by atoms with Crippen molar-refractivity contribution >= 4 is 26.7 Å². The molecule has 0 saturated heterocycles. The third-order valence-electron chi connectivity index (χ3n) is 3.16. The molecule has 132 valence electrons. The van der Waals surface area contributed by atoms with Gasteiger partial charge in [0.15, 0.2) is 0 Å². The summed E-state index contributed by atoms with van der Waals surface area (Å²) in [7, 11) is 10.5. The van der Waals surface area contributed by atoms with Crippen LogP contribution in [0.1, 0.15) is 23.1 Å². The summed E-state index contributed by atoms with van der Waals surface area (Å²) in [5, 5.41) is 13.3. The van der Waals surface area contributed by atoms with Crippen molar-refractivity contribution < 1.29 is 26.2 Å². The van der Waals surface area contributed by atoms with Gasteiger partial charge < -0.3 is 16.0 Å². The molecule has 0 unspecified atom stereocenters. The van der Waals surface area contributed by atoms with Crippen molar-refractivity contribution in [3.8, 4) is 0 Å². The van der Waals surface area contributed by atoms with E-state index in [0.717, 1.165) is 0 Å². The fraction of sp³-hybridized carbons (Fsp3) is 0.526. The van der Waals surface area contributed by atoms with Gasteiger partial charge in [-0.05, 0) is 29.3 Å². The predicted octanol–water partition coefficient (Wildman–Crippen LogP) is 5.97. The second kappa shape index (κ2) is 15.3. The van der Waals surface area contributed by atoms with E-state index >= 15 is 0 Å². The molecule has 0 spiro atoms. The summed E-state index contributed by atoms with van der Waals surface area (Å²) in [6, 6.07) is 6.92. The van der Waals surface area contributed by atoms with Crippen molar-refractivity contribution in [2.75, 3.05) is 42.3 Å². The van der Waals surface area contributed by atoms with E-state index in [1.807, 2.05) is 0 Å². The van der Waals surface area contributed by atoms with E-state index in [2.05, 4.69) is 57.0 Å². The second-order valence-electron chi connectivity index (χ2n) is 5.56. The number of fused-ring (bicyclic) bond motifs is 2. The van der Waals surface area contributed by atoms with Crippen molar-refractivity contribution in [3.63, 3.8) is 0 Å². The van der Waals surface area contributed by atoms with Crippen molar-refractivity contribution in [2.45, 2.75) is 26.2 Å². The Bertz CT molecular complexity index is 562. The van der Waals surface area contributed by atoms with Crippen LogP contribution in [0.3, 0.4) is 0 Å². The van der Waals surface area contributed by atoms with E-state index in [0.29, 0.717) is 0 Å². The average Bonchev–Trinajstić information content (AvgIpc) is 3.08. The molecule has 2 aromatic carbocycles. The van der Waals surface area contributed by atoms with Gasteiger partial charge in [0, 0.05) is 0 Å². The summed E-state index contributed by atoms with van der Waals surface area (Å²) in [6.07, 6.45) is 3.82. The van der Waals surface area contributed by atoms with E-state index in [1.54, 1.807) is 53.4 Å². The van der Waals surface area contributed by atoms with Gasteiger partial charge >= 0.3 is 26.2 Å². The molecule has 0 aromatic heterocycles. The zero-order valence-corrected chi connectivity index (χ0v) is 20.1. The van der Waals surface area contributed by atoms with Crippen LogP contribution in [-0.2, 0) is 39.0 Å². The molecule has 24 heavy (non-hydrogen) atoms. The molecule has 0 amide bonds. The maximum atomic E-state index is 3.75. The van der Waals surface area contributed by atoms with Crippen molar-refractivity contribution in [1.82, 2.24) is 0 Å². The molecule has 0 fully saturated rings. The molecule has 3 rings (SSSR count). The first-order valence-corrected chi connectivity index (χ1v) is 8.60. The molecule has 0 heterocycles. The number of nitrogens with zero attached hydrogens (tertiary/aromatic N) is 3. The quantitative estimate of drug-likeness (QED) is 0.425. The maximum Gasteiger partial charge on any atom is 4.00 e. The second-order valence-corrected chi connectivity index (χ2v) is 6.35. The van der Waals surface area contributed by atoms with Crippen molar-refractivity contribution in [2.24, 2.45) is 0 Å². The van der Waals surface area contributed by atoms with Crippen LogP contribution in [0.4, 0.5) is 0 Å². The first-order chi connectivity index (χ1) is 11.0. The fourth-order valence-electron chi connectivity index (χ4n) is 2.51. The molecule has 5 heteroatoms. The van der Waals surface area contributed by atoms with E-state index in [-0.39, 0.29) is 26.2 Å². The number of hydrogen-bond donors (Lipinski definition) is 0. The monoisotopic (exact) mass is 469 g/mol. The summed E-state index contributed by atoms with van der Waals surface area (Å²) < 4.78 is 1.34. The molecular weight excluding hydrogens is 441 g/mol. The molecule has 0 radical (unpaired) electrons. The van der Waals surface area contributed by atoms with Crippen LogP contribution in [0.25, 0.3) is 26.7 Å². The minimum absolute atomic E-state index is 0. The Morgan fingerprint density at radius 2 is 1.42 bits per heavy atom. The number of benzene rings is 1. The SMILES string of the molecule is C[N-]C.C[N-]C.C[N-]C.Cc1cc2c(Br)c3c(cc2[cH-]1)CCC3.[Zr+4]. The molecule has 0 N–H and O–H groups in total. The standard InChI is InChI=1S/C13H12Br.3C2H6N.Zr/c1-8-5-10-7-9-3-2-4-11(9)13(14)12(10)6-8;3*1-3-2;/h5-7H,2-4H2,1H3;3*1-2H3;/q4*-1;+4. The molecule has 3 nitrogen and oxygen atoms in total. The fourth-order valence-corrected chi connectivity index (χ4v) is 3.31. The molecular formula is C19H30BrN3Zr. The summed E-state index contributed by atoms with van der Waals surface area (Å²) in [5.74, 6) is 0. The summed E-state index contributed by atoms with van der Waals surface area (Å²) in [6.45, 7) is 2.16. The van der Waals surface area contributed by atoms with E-state index in [9.17, 15) is 0 Å². The summed E-state index contributed by atoms with van der Waals surface area (Å²) >= 11 is 3.75. The molecule has 0 atom stereocenters. The van der Waals surface area contributed by atoms with Gasteiger partial charge in [-0.25, -0.2) is 0 Å². The minimum atomic E-state index is 0. The average molecular weight is 472 g/mol. The Balaban J connectivity index is 0. The van der Waals surface area contributed by atoms with Crippen LogP contribution >= 0.6 is 15.9 Å². The Morgan fingerprint density at radius 3 is 1.92 bits per heavy atom. The zero-order valence-electron chi connectivity index (χ0n) is 16.1. The van der Waals surface area contributed by atoms with Gasteiger partial charge in [-0.3, -0.25) is 0 Å². The zero-order chi connectivity index (χ0) is 17.8. The van der Waals surface area contributed by atoms with Crippen molar-refractivity contribution in [3.05, 3.63) is 55.3 Å². The minimum Gasteiger partial charge on any atom is -0.668 e. The first kappa shape index (κ1) is 26.3. The van der Waals surface area contributed by atoms with Gasteiger partial charge in [0.05, 0.1) is 0 Å². The Hall–Kier alpha value is 0.0731. The third kappa shape index (κ3) is 8.44. The summed E-state index contributed by atoms with van der Waals surface area (Å²) in [5.41, 5.74) is 4.46. The maximum absolute atomic E-state index is 3.75. The molecule has 1 aliphatic carbocycles. The number of halogens is 1. The van der Waals surface area contributed by atoms with Gasteiger partial charge in [0.2, 0.25) is 0 Å². The van der Waals surface area contributed by atoms with E-state index < -0.39 is 0 Å². The van der Waals surface area contributed by atoms with E-state index in [4.69, 9.17) is 0 Å². The topological polar surface area (TPSA) is 42.3 Å². The molecule has 1 aliphatic rings. The smallest absolute Gasteiger partial charge is 0.668 e. The number of rotatable bonds is 0. The normalized spacial score (nSPS) is 11.0. The van der Waals surface area contributed by atoms with Crippen LogP contribution in [0, 0.1) is 6.92 Å². The Morgan fingerprint density at radius 1 is 0.917 bits per heavy atom. The van der Waals surface area contributed by atoms with Gasteiger partial charge in [-0.15, -0.1) is 28.5 Å². The Labute approximate surface area is 176 Å². The van der Waals surface area contributed by atoms with Crippen LogP contribution in [-0.4, -0.2) is 42.3 Å². The third-order valence-corrected chi connectivity index (χ3v) is 4.06. The van der Waals surface area contributed by atoms with Gasteiger partial charge in [0.1, 0.15) is 0 Å². The van der Waals surface area contributed by atoms with Gasteiger partial charge in [-0.2, -0.15) is 48.4 Å². The van der Waals surface area contributed by atoms with E-state index in [1.165, 1.54) is 40.1 Å². The number of hydrogen-bond acceptors (Lipinski definition) is 0. The summed E-state index contributed by atoms with van der Waals surface area (Å²) in [4.78, 5) is 0. The number of aryl methyl sites for hydroxylation is 2. The van der Waals surface area contributed by atoms with Gasteiger partial charge in [0.25, 0.3) is 0 Å². The first-order valence-electron chi connectivity index (χ1n) is 7.81.